The Bertz CT molecular complexity index is 899. The minimum absolute atomic E-state index is 0.0572. The molecule has 1 fully saturated rings. The van der Waals surface area contributed by atoms with E-state index in [0.717, 1.165) is 49.8 Å². The molecule has 5 nitrogen and oxygen atoms in total. The van der Waals surface area contributed by atoms with Crippen LogP contribution in [0.4, 0.5) is 4.39 Å². The van der Waals surface area contributed by atoms with Gasteiger partial charge in [0, 0.05) is 24.9 Å². The topological polar surface area (TPSA) is 70.0 Å². The molecule has 0 spiro atoms. The van der Waals surface area contributed by atoms with Crippen LogP contribution in [0.1, 0.15) is 75.2 Å². The number of allylic oxidation sites excluding steroid dienone is 3. The first-order valence-corrected chi connectivity index (χ1v) is 13.1. The fraction of sp³-hybridized carbons (Fsp3) is 0.621. The molecule has 0 aromatic heterocycles. The summed E-state index contributed by atoms with van der Waals surface area (Å²) in [7, 11) is 0. The molecule has 5 atom stereocenters. The summed E-state index contributed by atoms with van der Waals surface area (Å²) in [5.41, 5.74) is 4.52. The van der Waals surface area contributed by atoms with Crippen molar-refractivity contribution >= 4 is 5.97 Å². The molecule has 2 aliphatic rings. The fourth-order valence-corrected chi connectivity index (χ4v) is 5.18. The summed E-state index contributed by atoms with van der Waals surface area (Å²) in [4.78, 5) is 13.1. The number of β-amino-alcohol motifs (C(OH)–C–C–N with tert-alkyl or cyclic N) is 1. The van der Waals surface area contributed by atoms with Crippen LogP contribution in [0.2, 0.25) is 0 Å². The molecule has 1 aromatic carbocycles. The van der Waals surface area contributed by atoms with Gasteiger partial charge in [0.1, 0.15) is 6.17 Å². The third-order valence-corrected chi connectivity index (χ3v) is 7.27. The van der Waals surface area contributed by atoms with Gasteiger partial charge in [0.15, 0.2) is 0 Å². The van der Waals surface area contributed by atoms with Gasteiger partial charge in [0.25, 0.3) is 0 Å². The van der Waals surface area contributed by atoms with Gasteiger partial charge in [-0.3, -0.25) is 9.69 Å². The normalized spacial score (nSPS) is 24.4. The molecule has 0 bridgehead atoms. The predicted molar refractivity (Wildman–Crippen MR) is 137 cm³/mol. The van der Waals surface area contributed by atoms with E-state index in [9.17, 15) is 14.3 Å². The summed E-state index contributed by atoms with van der Waals surface area (Å²) in [5, 5.41) is 19.6. The van der Waals surface area contributed by atoms with E-state index in [2.05, 4.69) is 36.1 Å². The van der Waals surface area contributed by atoms with Gasteiger partial charge in [-0.05, 0) is 81.7 Å². The van der Waals surface area contributed by atoms with Crippen LogP contribution in [-0.2, 0) is 16.0 Å². The number of halogens is 1. The van der Waals surface area contributed by atoms with Gasteiger partial charge in [-0.1, -0.05) is 42.8 Å². The number of unbranched alkanes of at least 4 members (excludes halogenated alkanes) is 1. The second kappa shape index (κ2) is 13.3. The van der Waals surface area contributed by atoms with Gasteiger partial charge in [-0.2, -0.15) is 0 Å². The van der Waals surface area contributed by atoms with E-state index in [1.807, 2.05) is 19.9 Å². The molecule has 0 radical (unpaired) electrons. The van der Waals surface area contributed by atoms with Crippen molar-refractivity contribution in [2.45, 2.75) is 90.1 Å². The SMILES string of the molecule is Cc1ccc([C@@H](C)OC[C@H](O)CN2CCC[C@H]2CC2=CC(F)C(C)C=C2)c(CCCCC(=O)O)c1. The lowest BCUT2D eigenvalue weighted by molar-refractivity contribution is -0.137. The molecule has 1 aromatic rings. The highest BCUT2D eigenvalue weighted by atomic mass is 19.1. The quantitative estimate of drug-likeness (QED) is 0.357. The lowest BCUT2D eigenvalue weighted by atomic mass is 9.92. The zero-order valence-corrected chi connectivity index (χ0v) is 21.5. The number of alkyl halides is 1. The molecular weight excluding hydrogens is 445 g/mol. The van der Waals surface area contributed by atoms with Crippen LogP contribution < -0.4 is 0 Å². The Morgan fingerprint density at radius 2 is 2.11 bits per heavy atom. The number of hydrogen-bond acceptors (Lipinski definition) is 4. The maximum Gasteiger partial charge on any atom is 0.303 e. The van der Waals surface area contributed by atoms with Crippen LogP contribution >= 0.6 is 0 Å². The first-order chi connectivity index (χ1) is 16.7. The molecule has 1 aliphatic carbocycles. The molecule has 3 rings (SSSR count). The monoisotopic (exact) mass is 487 g/mol. The minimum atomic E-state index is -0.908. The van der Waals surface area contributed by atoms with Crippen molar-refractivity contribution in [2.75, 3.05) is 19.7 Å². The summed E-state index contributed by atoms with van der Waals surface area (Å²) in [6, 6.07) is 6.63. The van der Waals surface area contributed by atoms with Crippen LogP contribution in [0.25, 0.3) is 0 Å². The summed E-state index contributed by atoms with van der Waals surface area (Å²) < 4.78 is 20.2. The van der Waals surface area contributed by atoms with Gasteiger partial charge in [-0.25, -0.2) is 4.39 Å². The van der Waals surface area contributed by atoms with Crippen LogP contribution in [0.3, 0.4) is 0 Å². The Kier molecular flexibility index (Phi) is 10.5. The molecule has 2 unspecified atom stereocenters. The average Bonchev–Trinajstić information content (AvgIpc) is 3.23. The highest BCUT2D eigenvalue weighted by Crippen LogP contribution is 2.29. The number of benzene rings is 1. The largest absolute Gasteiger partial charge is 0.481 e. The van der Waals surface area contributed by atoms with Crippen molar-refractivity contribution in [1.29, 1.82) is 0 Å². The van der Waals surface area contributed by atoms with Crippen molar-refractivity contribution in [1.82, 2.24) is 4.90 Å². The second-order valence-electron chi connectivity index (χ2n) is 10.3. The molecule has 2 N–H and O–H groups in total. The van der Waals surface area contributed by atoms with E-state index in [4.69, 9.17) is 9.84 Å². The number of rotatable bonds is 13. The van der Waals surface area contributed by atoms with Crippen molar-refractivity contribution in [3.8, 4) is 0 Å². The molecule has 1 saturated heterocycles. The third-order valence-electron chi connectivity index (χ3n) is 7.27. The van der Waals surface area contributed by atoms with E-state index < -0.39 is 18.2 Å². The van der Waals surface area contributed by atoms with Crippen molar-refractivity contribution in [2.24, 2.45) is 5.92 Å². The summed E-state index contributed by atoms with van der Waals surface area (Å²) in [6.07, 6.45) is 9.58. The first kappa shape index (κ1) is 27.6. The standard InChI is InChI=1S/C29H42FNO4/c1-20-10-13-27(24(15-20)7-4-5-9-29(33)34)22(3)35-19-26(32)18-31-14-6-8-25(31)16-23-12-11-21(2)28(30)17-23/h10-13,15,17,21-22,25-26,28,32H,4-9,14,16,18-19H2,1-3H3,(H,33,34)/t21?,22-,25+,26-,28?/m1/s1. The fourth-order valence-electron chi connectivity index (χ4n) is 5.18. The molecule has 194 valence electrons. The van der Waals surface area contributed by atoms with Crippen LogP contribution in [0, 0.1) is 12.8 Å². The minimum Gasteiger partial charge on any atom is -0.481 e. The Morgan fingerprint density at radius 1 is 1.31 bits per heavy atom. The van der Waals surface area contributed by atoms with Gasteiger partial charge in [-0.15, -0.1) is 0 Å². The number of carboxylic acid groups (broad SMARTS) is 1. The van der Waals surface area contributed by atoms with Gasteiger partial charge in [0.2, 0.25) is 0 Å². The van der Waals surface area contributed by atoms with Crippen molar-refractivity contribution < 1.29 is 24.1 Å². The second-order valence-corrected chi connectivity index (χ2v) is 10.3. The van der Waals surface area contributed by atoms with E-state index >= 15 is 0 Å². The number of aliphatic hydroxyl groups is 1. The number of aryl methyl sites for hydroxylation is 2. The molecule has 1 heterocycles. The summed E-state index contributed by atoms with van der Waals surface area (Å²) in [5.74, 6) is -0.813. The first-order valence-electron chi connectivity index (χ1n) is 13.1. The third kappa shape index (κ3) is 8.55. The lowest BCUT2D eigenvalue weighted by Gasteiger charge is -2.28. The lowest BCUT2D eigenvalue weighted by Crippen LogP contribution is -2.38. The zero-order valence-electron chi connectivity index (χ0n) is 21.5. The predicted octanol–water partition coefficient (Wildman–Crippen LogP) is 5.56. The molecular formula is C29H42FNO4. The molecule has 0 amide bonds. The highest BCUT2D eigenvalue weighted by molar-refractivity contribution is 5.66. The number of likely N-dealkylation sites (tertiary alicyclic amines) is 1. The van der Waals surface area contributed by atoms with Crippen LogP contribution in [0.15, 0.2) is 42.0 Å². The van der Waals surface area contributed by atoms with E-state index in [0.29, 0.717) is 19.0 Å². The Labute approximate surface area is 209 Å². The molecule has 0 saturated carbocycles. The van der Waals surface area contributed by atoms with Crippen molar-refractivity contribution in [3.63, 3.8) is 0 Å². The van der Waals surface area contributed by atoms with Gasteiger partial charge in [0.05, 0.1) is 18.8 Å². The molecule has 1 aliphatic heterocycles. The number of ether oxygens (including phenoxy) is 1. The van der Waals surface area contributed by atoms with Crippen LogP contribution in [-0.4, -0.2) is 59.1 Å². The number of carboxylic acids is 1. The summed E-state index contributed by atoms with van der Waals surface area (Å²) >= 11 is 0. The van der Waals surface area contributed by atoms with Crippen LogP contribution in [0.5, 0.6) is 0 Å². The zero-order chi connectivity index (χ0) is 25.4. The Hall–Kier alpha value is -2.02. The molecule has 35 heavy (non-hydrogen) atoms. The Balaban J connectivity index is 1.49. The van der Waals surface area contributed by atoms with E-state index in [-0.39, 0.29) is 25.0 Å². The number of nitrogens with zero attached hydrogens (tertiary/aromatic N) is 1. The number of carbonyl (C=O) groups is 1. The van der Waals surface area contributed by atoms with Crippen molar-refractivity contribution in [3.05, 3.63) is 58.7 Å². The number of hydrogen-bond donors (Lipinski definition) is 2. The smallest absolute Gasteiger partial charge is 0.303 e. The maximum absolute atomic E-state index is 14.1. The van der Waals surface area contributed by atoms with E-state index in [1.165, 1.54) is 11.1 Å². The number of aliphatic hydroxyl groups excluding tert-OH is 1. The average molecular weight is 488 g/mol. The van der Waals surface area contributed by atoms with Gasteiger partial charge < -0.3 is 14.9 Å². The highest BCUT2D eigenvalue weighted by Gasteiger charge is 2.28. The Morgan fingerprint density at radius 3 is 2.86 bits per heavy atom. The van der Waals surface area contributed by atoms with E-state index in [1.54, 1.807) is 6.08 Å². The maximum atomic E-state index is 14.1. The number of aliphatic carboxylic acids is 1. The molecule has 6 heteroatoms. The van der Waals surface area contributed by atoms with Gasteiger partial charge >= 0.3 is 5.97 Å². The summed E-state index contributed by atoms with van der Waals surface area (Å²) in [6.45, 7) is 7.71.